The molecule has 1 aliphatic carbocycles. The van der Waals surface area contributed by atoms with E-state index in [0.717, 1.165) is 29.7 Å². The average Bonchev–Trinajstić information content (AvgIpc) is 3.52. The standard InChI is InChI=1S/C22H27ClO5/c23-21-8-3-16(22(26)13-18(25)14-24)12-17(21)11-15-1-4-19(5-2-15)27-9-10-28-20-6-7-20/h1-5,8,12,18,20,22,24-26H,6-7,9-11,13-14H2. The summed E-state index contributed by atoms with van der Waals surface area (Å²) in [5.41, 5.74) is 2.64. The van der Waals surface area contributed by atoms with Crippen molar-refractivity contribution in [2.75, 3.05) is 19.8 Å². The second-order valence-corrected chi connectivity index (χ2v) is 7.59. The summed E-state index contributed by atoms with van der Waals surface area (Å²) in [7, 11) is 0. The lowest BCUT2D eigenvalue weighted by Crippen LogP contribution is -2.16. The topological polar surface area (TPSA) is 79.2 Å². The Morgan fingerprint density at radius 2 is 1.79 bits per heavy atom. The van der Waals surface area contributed by atoms with Crippen LogP contribution in [0.25, 0.3) is 0 Å². The highest BCUT2D eigenvalue weighted by Gasteiger charge is 2.21. The number of aliphatic hydroxyl groups is 3. The second-order valence-electron chi connectivity index (χ2n) is 7.18. The van der Waals surface area contributed by atoms with Gasteiger partial charge in [-0.2, -0.15) is 0 Å². The summed E-state index contributed by atoms with van der Waals surface area (Å²) >= 11 is 6.32. The molecule has 1 saturated carbocycles. The molecule has 3 N–H and O–H groups in total. The molecule has 152 valence electrons. The largest absolute Gasteiger partial charge is 0.491 e. The highest BCUT2D eigenvalue weighted by Crippen LogP contribution is 2.27. The third-order valence-corrected chi connectivity index (χ3v) is 5.08. The number of hydrogen-bond acceptors (Lipinski definition) is 5. The summed E-state index contributed by atoms with van der Waals surface area (Å²) in [5.74, 6) is 0.802. The smallest absolute Gasteiger partial charge is 0.119 e. The van der Waals surface area contributed by atoms with Crippen LogP contribution in [0.5, 0.6) is 5.75 Å². The molecule has 0 aromatic heterocycles. The summed E-state index contributed by atoms with van der Waals surface area (Å²) in [5, 5.41) is 29.3. The first-order valence-electron chi connectivity index (χ1n) is 9.64. The lowest BCUT2D eigenvalue weighted by Gasteiger charge is -2.16. The maximum absolute atomic E-state index is 10.2. The molecule has 2 aromatic carbocycles. The van der Waals surface area contributed by atoms with E-state index in [9.17, 15) is 10.2 Å². The zero-order chi connectivity index (χ0) is 19.9. The summed E-state index contributed by atoms with van der Waals surface area (Å²) in [6.45, 7) is 0.780. The quantitative estimate of drug-likeness (QED) is 0.499. The molecule has 2 unspecified atom stereocenters. The highest BCUT2D eigenvalue weighted by atomic mass is 35.5. The van der Waals surface area contributed by atoms with Gasteiger partial charge in [0.05, 0.1) is 31.5 Å². The number of halogens is 1. The minimum absolute atomic E-state index is 0.0774. The maximum atomic E-state index is 10.2. The van der Waals surface area contributed by atoms with Crippen molar-refractivity contribution in [1.82, 2.24) is 0 Å². The van der Waals surface area contributed by atoms with Crippen molar-refractivity contribution in [3.05, 3.63) is 64.2 Å². The molecule has 0 amide bonds. The van der Waals surface area contributed by atoms with Crippen molar-refractivity contribution >= 4 is 11.6 Å². The molecule has 0 radical (unpaired) electrons. The molecule has 3 rings (SSSR count). The molecule has 1 aliphatic rings. The van der Waals surface area contributed by atoms with Crippen LogP contribution in [0, 0.1) is 0 Å². The van der Waals surface area contributed by atoms with Gasteiger partial charge in [0.15, 0.2) is 0 Å². The highest BCUT2D eigenvalue weighted by molar-refractivity contribution is 6.31. The van der Waals surface area contributed by atoms with Crippen molar-refractivity contribution in [1.29, 1.82) is 0 Å². The second kappa shape index (κ2) is 10.2. The van der Waals surface area contributed by atoms with Crippen molar-refractivity contribution in [2.24, 2.45) is 0 Å². The molecule has 0 aliphatic heterocycles. The predicted octanol–water partition coefficient (Wildman–Crippen LogP) is 3.27. The molecule has 5 nitrogen and oxygen atoms in total. The summed E-state index contributed by atoms with van der Waals surface area (Å²) in [6, 6.07) is 13.2. The van der Waals surface area contributed by atoms with E-state index in [1.165, 1.54) is 0 Å². The van der Waals surface area contributed by atoms with E-state index in [-0.39, 0.29) is 13.0 Å². The van der Waals surface area contributed by atoms with Crippen LogP contribution in [0.2, 0.25) is 5.02 Å². The van der Waals surface area contributed by atoms with Crippen LogP contribution in [0.4, 0.5) is 0 Å². The molecule has 2 atom stereocenters. The number of ether oxygens (including phenoxy) is 2. The predicted molar refractivity (Wildman–Crippen MR) is 108 cm³/mol. The normalized spacial score (nSPS) is 16.0. The van der Waals surface area contributed by atoms with Crippen LogP contribution in [0.1, 0.15) is 42.1 Å². The number of rotatable bonds is 11. The Balaban J connectivity index is 1.56. The lowest BCUT2D eigenvalue weighted by atomic mass is 9.98. The Bertz CT molecular complexity index is 745. The van der Waals surface area contributed by atoms with Crippen LogP contribution < -0.4 is 4.74 Å². The fraction of sp³-hybridized carbons (Fsp3) is 0.455. The van der Waals surface area contributed by atoms with Gasteiger partial charge >= 0.3 is 0 Å². The van der Waals surface area contributed by atoms with Crippen LogP contribution in [-0.4, -0.2) is 47.3 Å². The van der Waals surface area contributed by atoms with Gasteiger partial charge in [0.25, 0.3) is 0 Å². The van der Waals surface area contributed by atoms with Gasteiger partial charge in [0.2, 0.25) is 0 Å². The molecule has 0 spiro atoms. The van der Waals surface area contributed by atoms with Crippen molar-refractivity contribution in [3.8, 4) is 5.75 Å². The van der Waals surface area contributed by atoms with Gasteiger partial charge in [-0.05, 0) is 54.2 Å². The molecule has 6 heteroatoms. The first-order valence-corrected chi connectivity index (χ1v) is 10.0. The molecule has 2 aromatic rings. The third-order valence-electron chi connectivity index (χ3n) is 4.71. The molecule has 0 heterocycles. The molecular formula is C22H27ClO5. The minimum Gasteiger partial charge on any atom is -0.491 e. The van der Waals surface area contributed by atoms with Gasteiger partial charge in [0, 0.05) is 11.4 Å². The Morgan fingerprint density at radius 1 is 1.04 bits per heavy atom. The van der Waals surface area contributed by atoms with Crippen LogP contribution in [-0.2, 0) is 11.2 Å². The van der Waals surface area contributed by atoms with Crippen LogP contribution in [0.15, 0.2) is 42.5 Å². The van der Waals surface area contributed by atoms with Gasteiger partial charge in [-0.25, -0.2) is 0 Å². The molecule has 0 saturated heterocycles. The summed E-state index contributed by atoms with van der Waals surface area (Å²) < 4.78 is 11.2. The van der Waals surface area contributed by atoms with Gasteiger partial charge in [-0.1, -0.05) is 35.9 Å². The van der Waals surface area contributed by atoms with Crippen molar-refractivity contribution in [2.45, 2.75) is 44.0 Å². The van der Waals surface area contributed by atoms with Gasteiger partial charge in [-0.3, -0.25) is 0 Å². The van der Waals surface area contributed by atoms with E-state index < -0.39 is 12.2 Å². The van der Waals surface area contributed by atoms with Gasteiger partial charge in [0.1, 0.15) is 12.4 Å². The van der Waals surface area contributed by atoms with Crippen LogP contribution in [0.3, 0.4) is 0 Å². The molecule has 28 heavy (non-hydrogen) atoms. The summed E-state index contributed by atoms with van der Waals surface area (Å²) in [4.78, 5) is 0. The van der Waals surface area contributed by atoms with Crippen molar-refractivity contribution < 1.29 is 24.8 Å². The molecular weight excluding hydrogens is 380 g/mol. The lowest BCUT2D eigenvalue weighted by molar-refractivity contribution is 0.0413. The SMILES string of the molecule is OCC(O)CC(O)c1ccc(Cl)c(Cc2ccc(OCCOC3CC3)cc2)c1. The van der Waals surface area contributed by atoms with E-state index in [0.29, 0.717) is 36.3 Å². The Labute approximate surface area is 170 Å². The van der Waals surface area contributed by atoms with Gasteiger partial charge < -0.3 is 24.8 Å². The first kappa shape index (κ1) is 21.1. The zero-order valence-corrected chi connectivity index (χ0v) is 16.5. The van der Waals surface area contributed by atoms with E-state index in [4.69, 9.17) is 26.2 Å². The Morgan fingerprint density at radius 3 is 2.46 bits per heavy atom. The fourth-order valence-corrected chi connectivity index (χ4v) is 3.12. The van der Waals surface area contributed by atoms with Crippen LogP contribution >= 0.6 is 11.6 Å². The minimum atomic E-state index is -0.948. The average molecular weight is 407 g/mol. The first-order chi connectivity index (χ1) is 13.5. The molecule has 0 bridgehead atoms. The van der Waals surface area contributed by atoms with Gasteiger partial charge in [-0.15, -0.1) is 0 Å². The monoisotopic (exact) mass is 406 g/mol. The van der Waals surface area contributed by atoms with E-state index >= 15 is 0 Å². The number of hydrogen-bond donors (Lipinski definition) is 3. The van der Waals surface area contributed by atoms with E-state index in [2.05, 4.69) is 0 Å². The number of benzene rings is 2. The maximum Gasteiger partial charge on any atom is 0.119 e. The number of aliphatic hydroxyl groups excluding tert-OH is 3. The van der Waals surface area contributed by atoms with Crippen molar-refractivity contribution in [3.63, 3.8) is 0 Å². The molecule has 1 fully saturated rings. The summed E-state index contributed by atoms with van der Waals surface area (Å²) in [6.07, 6.45) is 1.66. The Kier molecular flexibility index (Phi) is 7.71. The van der Waals surface area contributed by atoms with E-state index in [1.54, 1.807) is 12.1 Å². The van der Waals surface area contributed by atoms with E-state index in [1.807, 2.05) is 30.3 Å². The Hall–Kier alpha value is -1.63. The fourth-order valence-electron chi connectivity index (χ4n) is 2.94. The zero-order valence-electron chi connectivity index (χ0n) is 15.8. The third kappa shape index (κ3) is 6.47.